The summed E-state index contributed by atoms with van der Waals surface area (Å²) in [5, 5.41) is 10.3. The summed E-state index contributed by atoms with van der Waals surface area (Å²) < 4.78 is 0. The Morgan fingerprint density at radius 3 is 1.21 bits per heavy atom. The van der Waals surface area contributed by atoms with Crippen LogP contribution in [0.4, 0.5) is 0 Å². The number of carbonyl (C=O) groups is 1. The highest BCUT2D eigenvalue weighted by Crippen LogP contribution is 2.13. The first kappa shape index (κ1) is 27.2. The van der Waals surface area contributed by atoms with E-state index in [4.69, 9.17) is 0 Å². The summed E-state index contributed by atoms with van der Waals surface area (Å²) in [5.74, 6) is -0.903. The second-order valence-electron chi connectivity index (χ2n) is 8.53. The van der Waals surface area contributed by atoms with Crippen LogP contribution in [0.3, 0.4) is 0 Å². The minimum atomic E-state index is -0.903. The van der Waals surface area contributed by atoms with E-state index in [9.17, 15) is 9.90 Å². The predicted octanol–water partition coefficient (Wildman–Crippen LogP) is 7.89. The molecule has 0 aliphatic rings. The Morgan fingerprint density at radius 2 is 0.857 bits per heavy atom. The molecule has 0 aromatic carbocycles. The molecule has 0 aliphatic heterocycles. The topological polar surface area (TPSA) is 40.1 Å². The lowest BCUT2D eigenvalue weighted by Gasteiger charge is -2.03. The van der Waals surface area contributed by atoms with Crippen molar-refractivity contribution in [3.05, 3.63) is 12.2 Å². The van der Waals surface area contributed by atoms with E-state index in [2.05, 4.69) is 19.1 Å². The number of carbonyl (C=O) groups excluding carboxylic acids is 1. The zero-order valence-electron chi connectivity index (χ0n) is 19.0. The summed E-state index contributed by atoms with van der Waals surface area (Å²) in [6.07, 6.45) is 32.7. The van der Waals surface area contributed by atoms with E-state index in [0.717, 1.165) is 12.8 Å². The Morgan fingerprint density at radius 1 is 0.536 bits per heavy atom. The monoisotopic (exact) mass is 393 g/mol. The zero-order chi connectivity index (χ0) is 20.5. The number of rotatable bonds is 23. The van der Waals surface area contributed by atoms with Gasteiger partial charge in [-0.15, -0.1) is 0 Å². The largest absolute Gasteiger partial charge is 0.550 e. The highest BCUT2D eigenvalue weighted by molar-refractivity contribution is 5.63. The van der Waals surface area contributed by atoms with Crippen LogP contribution in [0.25, 0.3) is 0 Å². The van der Waals surface area contributed by atoms with Gasteiger partial charge in [-0.3, -0.25) is 0 Å². The normalized spacial score (nSPS) is 11.5. The van der Waals surface area contributed by atoms with Gasteiger partial charge in [0, 0.05) is 5.97 Å². The van der Waals surface area contributed by atoms with Crippen molar-refractivity contribution in [1.82, 2.24) is 0 Å². The highest BCUT2D eigenvalue weighted by Gasteiger charge is 1.94. The third kappa shape index (κ3) is 25.2. The average Bonchev–Trinajstić information content (AvgIpc) is 2.68. The van der Waals surface area contributed by atoms with Crippen molar-refractivity contribution < 1.29 is 9.90 Å². The van der Waals surface area contributed by atoms with Crippen molar-refractivity contribution in [3.8, 4) is 0 Å². The molecule has 0 saturated heterocycles. The van der Waals surface area contributed by atoms with Crippen molar-refractivity contribution in [3.63, 3.8) is 0 Å². The average molecular weight is 394 g/mol. The number of carboxylic acids is 1. The third-order valence-electron chi connectivity index (χ3n) is 5.64. The van der Waals surface area contributed by atoms with Crippen molar-refractivity contribution in [2.24, 2.45) is 0 Å². The molecule has 0 aliphatic carbocycles. The fourth-order valence-electron chi connectivity index (χ4n) is 3.75. The quantitative estimate of drug-likeness (QED) is 0.131. The van der Waals surface area contributed by atoms with E-state index >= 15 is 0 Å². The smallest absolute Gasteiger partial charge is 0.0414 e. The molecule has 166 valence electrons. The molecule has 0 saturated carbocycles. The lowest BCUT2D eigenvalue weighted by atomic mass is 10.0. The van der Waals surface area contributed by atoms with E-state index in [-0.39, 0.29) is 6.42 Å². The zero-order valence-corrected chi connectivity index (χ0v) is 19.0. The van der Waals surface area contributed by atoms with Gasteiger partial charge in [0.2, 0.25) is 0 Å². The van der Waals surface area contributed by atoms with Gasteiger partial charge in [0.25, 0.3) is 0 Å². The van der Waals surface area contributed by atoms with E-state index in [0.29, 0.717) is 0 Å². The molecule has 0 aromatic rings. The standard InChI is InChI=1S/C26H50O2/c1-2-3-4-5-6-7-8-9-10-11-12-13-14-15-16-17-18-19-20-21-22-23-24-25-26(27)28/h9-10H,2-8,11-25H2,1H3,(H,27,28)/p-1/b10-9-. The number of carboxylic acid groups (broad SMARTS) is 1. The molecule has 0 bridgehead atoms. The fourth-order valence-corrected chi connectivity index (χ4v) is 3.75. The predicted molar refractivity (Wildman–Crippen MR) is 121 cm³/mol. The first-order chi connectivity index (χ1) is 13.8. The van der Waals surface area contributed by atoms with E-state index in [1.807, 2.05) is 0 Å². The lowest BCUT2D eigenvalue weighted by Crippen LogP contribution is -2.21. The minimum Gasteiger partial charge on any atom is -0.550 e. The second-order valence-corrected chi connectivity index (χ2v) is 8.53. The third-order valence-corrected chi connectivity index (χ3v) is 5.64. The Hall–Kier alpha value is -0.790. The van der Waals surface area contributed by atoms with Crippen molar-refractivity contribution in [1.29, 1.82) is 0 Å². The van der Waals surface area contributed by atoms with Gasteiger partial charge in [0.1, 0.15) is 0 Å². The maximum atomic E-state index is 10.3. The van der Waals surface area contributed by atoms with Gasteiger partial charge in [-0.05, 0) is 38.5 Å². The molecule has 0 spiro atoms. The molecule has 0 heterocycles. The summed E-state index contributed by atoms with van der Waals surface area (Å²) in [7, 11) is 0. The SMILES string of the molecule is CCCCCCCC/C=C\CCCCCCCCCCCCCCCC(=O)[O-]. The van der Waals surface area contributed by atoms with Crippen LogP contribution in [0.1, 0.15) is 148 Å². The number of allylic oxidation sites excluding steroid dienone is 2. The van der Waals surface area contributed by atoms with Gasteiger partial charge < -0.3 is 9.90 Å². The summed E-state index contributed by atoms with van der Waals surface area (Å²) in [6.45, 7) is 2.28. The van der Waals surface area contributed by atoms with E-state index < -0.39 is 5.97 Å². The first-order valence-electron chi connectivity index (χ1n) is 12.6. The number of unbranched alkanes of at least 4 members (excludes halogenated alkanes) is 19. The van der Waals surface area contributed by atoms with E-state index in [1.54, 1.807) is 0 Å². The summed E-state index contributed by atoms with van der Waals surface area (Å²) >= 11 is 0. The van der Waals surface area contributed by atoms with Gasteiger partial charge in [-0.2, -0.15) is 0 Å². The Bertz CT molecular complexity index is 335. The molecule has 0 atom stereocenters. The molecule has 0 amide bonds. The van der Waals surface area contributed by atoms with Crippen molar-refractivity contribution >= 4 is 5.97 Å². The first-order valence-corrected chi connectivity index (χ1v) is 12.6. The van der Waals surface area contributed by atoms with Crippen LogP contribution in [0.15, 0.2) is 12.2 Å². The molecule has 0 rings (SSSR count). The van der Waals surface area contributed by atoms with Crippen molar-refractivity contribution in [2.75, 3.05) is 0 Å². The maximum Gasteiger partial charge on any atom is 0.0414 e. The van der Waals surface area contributed by atoms with Gasteiger partial charge in [0.05, 0.1) is 0 Å². The van der Waals surface area contributed by atoms with Crippen LogP contribution in [-0.2, 0) is 4.79 Å². The number of hydrogen-bond acceptors (Lipinski definition) is 2. The molecule has 0 unspecified atom stereocenters. The molecule has 0 fully saturated rings. The Labute approximate surface area is 176 Å². The number of aliphatic carboxylic acids is 1. The summed E-state index contributed by atoms with van der Waals surface area (Å²) in [5.41, 5.74) is 0. The van der Waals surface area contributed by atoms with Gasteiger partial charge in [0.15, 0.2) is 0 Å². The molecule has 28 heavy (non-hydrogen) atoms. The second kappa shape index (κ2) is 24.2. The molecule has 2 heteroatoms. The molecule has 0 radical (unpaired) electrons. The molecular weight excluding hydrogens is 344 g/mol. The van der Waals surface area contributed by atoms with E-state index in [1.165, 1.54) is 122 Å². The van der Waals surface area contributed by atoms with Crippen LogP contribution >= 0.6 is 0 Å². The van der Waals surface area contributed by atoms with Crippen LogP contribution in [-0.4, -0.2) is 5.97 Å². The molecule has 0 N–H and O–H groups in total. The molecular formula is C26H49O2-. The lowest BCUT2D eigenvalue weighted by molar-refractivity contribution is -0.305. The minimum absolute atomic E-state index is 0.232. The van der Waals surface area contributed by atoms with Crippen LogP contribution in [0.2, 0.25) is 0 Å². The van der Waals surface area contributed by atoms with Crippen LogP contribution < -0.4 is 5.11 Å². The molecule has 0 aromatic heterocycles. The van der Waals surface area contributed by atoms with Gasteiger partial charge in [-0.1, -0.05) is 122 Å². The maximum absolute atomic E-state index is 10.3. The van der Waals surface area contributed by atoms with Crippen LogP contribution in [0.5, 0.6) is 0 Å². The fraction of sp³-hybridized carbons (Fsp3) is 0.885. The van der Waals surface area contributed by atoms with Crippen molar-refractivity contribution in [2.45, 2.75) is 148 Å². The Balaban J connectivity index is 3.06. The molecule has 2 nitrogen and oxygen atoms in total. The van der Waals surface area contributed by atoms with Crippen LogP contribution in [0, 0.1) is 0 Å². The summed E-state index contributed by atoms with van der Waals surface area (Å²) in [6, 6.07) is 0. The number of hydrogen-bond donors (Lipinski definition) is 0. The summed E-state index contributed by atoms with van der Waals surface area (Å²) in [4.78, 5) is 10.3. The van der Waals surface area contributed by atoms with Gasteiger partial charge in [-0.25, -0.2) is 0 Å². The highest BCUT2D eigenvalue weighted by atomic mass is 16.4. The van der Waals surface area contributed by atoms with Gasteiger partial charge >= 0.3 is 0 Å². The Kier molecular flexibility index (Phi) is 23.6.